The number of rotatable bonds is 4. The molecule has 4 heteroatoms. The van der Waals surface area contributed by atoms with Crippen molar-refractivity contribution in [3.8, 4) is 11.5 Å². The number of amides is 1. The smallest absolute Gasteiger partial charge is 0.267 e. The second-order valence-corrected chi connectivity index (χ2v) is 7.11. The molecule has 2 aromatic carbocycles. The minimum Gasteiger partial charge on any atom is -0.485 e. The van der Waals surface area contributed by atoms with Gasteiger partial charge in [0.25, 0.3) is 5.91 Å². The molecule has 4 rings (SSSR count). The Morgan fingerprint density at radius 1 is 0.923 bits per heavy atom. The van der Waals surface area contributed by atoms with Crippen molar-refractivity contribution < 1.29 is 14.3 Å². The van der Waals surface area contributed by atoms with Crippen molar-refractivity contribution in [3.05, 3.63) is 60.2 Å². The van der Waals surface area contributed by atoms with Crippen LogP contribution in [-0.4, -0.2) is 29.6 Å². The summed E-state index contributed by atoms with van der Waals surface area (Å²) in [5.74, 6) is 1.40. The van der Waals surface area contributed by atoms with Gasteiger partial charge in [-0.2, -0.15) is 0 Å². The van der Waals surface area contributed by atoms with Gasteiger partial charge in [-0.15, -0.1) is 0 Å². The lowest BCUT2D eigenvalue weighted by Crippen LogP contribution is -2.50. The minimum absolute atomic E-state index is 0.0373. The lowest BCUT2D eigenvalue weighted by atomic mass is 9.93. The van der Waals surface area contributed by atoms with Crippen molar-refractivity contribution in [3.63, 3.8) is 0 Å². The molecule has 0 bridgehead atoms. The second-order valence-electron chi connectivity index (χ2n) is 7.11. The summed E-state index contributed by atoms with van der Waals surface area (Å²) >= 11 is 0. The maximum atomic E-state index is 13.3. The Kier molecular flexibility index (Phi) is 5.09. The van der Waals surface area contributed by atoms with Crippen LogP contribution < -0.4 is 9.47 Å². The molecule has 1 saturated carbocycles. The molecule has 1 amide bonds. The normalized spacial score (nSPS) is 19.8. The first kappa shape index (κ1) is 17.0. The van der Waals surface area contributed by atoms with Crippen LogP contribution in [-0.2, 0) is 11.3 Å². The van der Waals surface area contributed by atoms with Gasteiger partial charge in [0.15, 0.2) is 11.5 Å². The zero-order chi connectivity index (χ0) is 17.8. The third kappa shape index (κ3) is 3.69. The fraction of sp³-hybridized carbons (Fsp3) is 0.409. The fourth-order valence-corrected chi connectivity index (χ4v) is 3.89. The summed E-state index contributed by atoms with van der Waals surface area (Å²) in [4.78, 5) is 15.4. The number of carbonyl (C=O) groups is 1. The summed E-state index contributed by atoms with van der Waals surface area (Å²) in [6.45, 7) is 0.902. The molecular formula is C22H25NO3. The third-order valence-electron chi connectivity index (χ3n) is 5.28. The maximum absolute atomic E-state index is 13.3. The molecule has 0 radical (unpaired) electrons. The molecule has 136 valence electrons. The predicted molar refractivity (Wildman–Crippen MR) is 100 cm³/mol. The molecule has 2 aliphatic rings. The van der Waals surface area contributed by atoms with Gasteiger partial charge in [0.05, 0.1) is 0 Å². The first-order chi connectivity index (χ1) is 12.8. The summed E-state index contributed by atoms with van der Waals surface area (Å²) in [5.41, 5.74) is 1.16. The molecule has 4 nitrogen and oxygen atoms in total. The van der Waals surface area contributed by atoms with E-state index in [9.17, 15) is 4.79 Å². The second kappa shape index (κ2) is 7.81. The van der Waals surface area contributed by atoms with E-state index in [1.165, 1.54) is 19.3 Å². The van der Waals surface area contributed by atoms with E-state index in [0.717, 1.165) is 18.4 Å². The van der Waals surface area contributed by atoms with E-state index in [-0.39, 0.29) is 18.6 Å². The maximum Gasteiger partial charge on any atom is 0.267 e. The van der Waals surface area contributed by atoms with Gasteiger partial charge in [0, 0.05) is 12.6 Å². The monoisotopic (exact) mass is 351 g/mol. The largest absolute Gasteiger partial charge is 0.485 e. The highest BCUT2D eigenvalue weighted by molar-refractivity contribution is 5.82. The van der Waals surface area contributed by atoms with Crippen molar-refractivity contribution >= 4 is 5.91 Å². The average molecular weight is 351 g/mol. The molecule has 0 spiro atoms. The van der Waals surface area contributed by atoms with E-state index >= 15 is 0 Å². The predicted octanol–water partition coefficient (Wildman–Crippen LogP) is 4.19. The Morgan fingerprint density at radius 3 is 2.38 bits per heavy atom. The molecule has 26 heavy (non-hydrogen) atoms. The van der Waals surface area contributed by atoms with Crippen molar-refractivity contribution in [2.75, 3.05) is 6.61 Å². The Labute approximate surface area is 154 Å². The highest BCUT2D eigenvalue weighted by Crippen LogP contribution is 2.32. The molecule has 1 atom stereocenters. The molecule has 2 aromatic rings. The number of nitrogens with zero attached hydrogens (tertiary/aromatic N) is 1. The summed E-state index contributed by atoms with van der Waals surface area (Å²) < 4.78 is 11.8. The van der Waals surface area contributed by atoms with Gasteiger partial charge in [-0.1, -0.05) is 61.7 Å². The minimum atomic E-state index is -0.574. The van der Waals surface area contributed by atoms with E-state index in [0.29, 0.717) is 18.0 Å². The Bertz CT molecular complexity index is 740. The lowest BCUT2D eigenvalue weighted by molar-refractivity contribution is -0.145. The fourth-order valence-electron chi connectivity index (χ4n) is 3.89. The van der Waals surface area contributed by atoms with E-state index in [4.69, 9.17) is 9.47 Å². The standard InChI is InChI=1S/C22H25NO3/c24-22(21-16-25-19-13-7-8-14-20(19)26-21)23(18-11-5-2-6-12-18)15-17-9-3-1-4-10-17/h1,3-4,7-10,13-14,18,21H,2,5-6,11-12,15-16H2/t21-/m1/s1. The Morgan fingerprint density at radius 2 is 1.62 bits per heavy atom. The third-order valence-corrected chi connectivity index (χ3v) is 5.28. The molecule has 0 aromatic heterocycles. The molecule has 1 fully saturated rings. The summed E-state index contributed by atoms with van der Waals surface area (Å²) in [7, 11) is 0. The van der Waals surface area contributed by atoms with Crippen LogP contribution in [0.25, 0.3) is 0 Å². The Balaban J connectivity index is 1.54. The Hall–Kier alpha value is -2.49. The first-order valence-corrected chi connectivity index (χ1v) is 9.54. The van der Waals surface area contributed by atoms with Gasteiger partial charge in [-0.25, -0.2) is 0 Å². The highest BCUT2D eigenvalue weighted by Gasteiger charge is 2.34. The van der Waals surface area contributed by atoms with Crippen LogP contribution in [0, 0.1) is 0 Å². The van der Waals surface area contributed by atoms with Crippen molar-refractivity contribution in [1.29, 1.82) is 0 Å². The number of benzene rings is 2. The van der Waals surface area contributed by atoms with Crippen LogP contribution in [0.2, 0.25) is 0 Å². The van der Waals surface area contributed by atoms with E-state index in [1.54, 1.807) is 0 Å². The van der Waals surface area contributed by atoms with E-state index in [1.807, 2.05) is 47.4 Å². The average Bonchev–Trinajstić information content (AvgIpc) is 2.72. The highest BCUT2D eigenvalue weighted by atomic mass is 16.6. The van der Waals surface area contributed by atoms with Crippen LogP contribution in [0.4, 0.5) is 0 Å². The lowest BCUT2D eigenvalue weighted by Gasteiger charge is -2.37. The van der Waals surface area contributed by atoms with Crippen LogP contribution in [0.15, 0.2) is 54.6 Å². The van der Waals surface area contributed by atoms with Gasteiger partial charge in [0.2, 0.25) is 6.10 Å². The van der Waals surface area contributed by atoms with Crippen molar-refractivity contribution in [1.82, 2.24) is 4.90 Å². The van der Waals surface area contributed by atoms with Gasteiger partial charge >= 0.3 is 0 Å². The van der Waals surface area contributed by atoms with Crippen molar-refractivity contribution in [2.45, 2.75) is 50.8 Å². The van der Waals surface area contributed by atoms with Gasteiger partial charge in [-0.05, 0) is 30.5 Å². The molecule has 1 heterocycles. The number of hydrogen-bond acceptors (Lipinski definition) is 3. The zero-order valence-electron chi connectivity index (χ0n) is 15.0. The van der Waals surface area contributed by atoms with Crippen LogP contribution in [0.5, 0.6) is 11.5 Å². The zero-order valence-corrected chi connectivity index (χ0v) is 15.0. The van der Waals surface area contributed by atoms with Crippen LogP contribution in [0.1, 0.15) is 37.7 Å². The SMILES string of the molecule is O=C([C@H]1COc2ccccc2O1)N(Cc1ccccc1)C1CCCCC1. The molecule has 1 aliphatic heterocycles. The van der Waals surface area contributed by atoms with E-state index < -0.39 is 6.10 Å². The topological polar surface area (TPSA) is 38.8 Å². The molecular weight excluding hydrogens is 326 g/mol. The number of ether oxygens (including phenoxy) is 2. The number of para-hydroxylation sites is 2. The van der Waals surface area contributed by atoms with Crippen molar-refractivity contribution in [2.24, 2.45) is 0 Å². The van der Waals surface area contributed by atoms with Crippen LogP contribution >= 0.6 is 0 Å². The van der Waals surface area contributed by atoms with Gasteiger partial charge in [0.1, 0.15) is 6.61 Å². The number of hydrogen-bond donors (Lipinski definition) is 0. The number of carbonyl (C=O) groups excluding carboxylic acids is 1. The first-order valence-electron chi connectivity index (χ1n) is 9.54. The summed E-state index contributed by atoms with van der Waals surface area (Å²) in [6.07, 6.45) is 5.21. The number of fused-ring (bicyclic) bond motifs is 1. The molecule has 0 saturated heterocycles. The molecule has 0 N–H and O–H groups in total. The van der Waals surface area contributed by atoms with Gasteiger partial charge in [-0.3, -0.25) is 4.79 Å². The summed E-state index contributed by atoms with van der Waals surface area (Å²) in [5, 5.41) is 0. The summed E-state index contributed by atoms with van der Waals surface area (Å²) in [6, 6.07) is 18.0. The quantitative estimate of drug-likeness (QED) is 0.829. The molecule has 1 aliphatic carbocycles. The molecule has 0 unspecified atom stereocenters. The van der Waals surface area contributed by atoms with Crippen LogP contribution in [0.3, 0.4) is 0 Å². The van der Waals surface area contributed by atoms with Gasteiger partial charge < -0.3 is 14.4 Å². The van der Waals surface area contributed by atoms with E-state index in [2.05, 4.69) is 12.1 Å².